The Morgan fingerprint density at radius 3 is 2.19 bits per heavy atom. The Hall–Kier alpha value is -2.29. The molecule has 0 saturated carbocycles. The maximum atomic E-state index is 12.7. The molecule has 5 nitrogen and oxygen atoms in total. The van der Waals surface area contributed by atoms with Gasteiger partial charge in [0.15, 0.2) is 3.61 Å². The van der Waals surface area contributed by atoms with E-state index in [0.29, 0.717) is 22.9 Å². The number of hydrogen-bond donors (Lipinski definition) is 1. The summed E-state index contributed by atoms with van der Waals surface area (Å²) in [7, 11) is 3.97. The summed E-state index contributed by atoms with van der Waals surface area (Å²) in [5.74, 6) is 1.43. The normalized spacial score (nSPS) is 12.8. The van der Waals surface area contributed by atoms with Gasteiger partial charge in [0.25, 0.3) is 0 Å². The fourth-order valence-corrected chi connectivity index (χ4v) is 3.77. The average molecular weight is 551 g/mol. The topological polar surface area (TPSA) is 50.8 Å². The van der Waals surface area contributed by atoms with Crippen LogP contribution in [0.3, 0.4) is 0 Å². The molecule has 0 saturated heterocycles. The van der Waals surface area contributed by atoms with Crippen molar-refractivity contribution in [1.29, 1.82) is 0 Å². The van der Waals surface area contributed by atoms with Crippen LogP contribution in [-0.2, 0) is 8.34 Å². The van der Waals surface area contributed by atoms with Crippen LogP contribution in [0.5, 0.6) is 11.5 Å². The molecule has 0 radical (unpaired) electrons. The van der Waals surface area contributed by atoms with Crippen molar-refractivity contribution in [3.8, 4) is 11.5 Å². The van der Waals surface area contributed by atoms with E-state index in [2.05, 4.69) is 32.8 Å². The molecule has 0 fully saturated rings. The number of amides is 1. The minimum absolute atomic E-state index is 0.528. The summed E-state index contributed by atoms with van der Waals surface area (Å²) in [6.45, 7) is 0.754. The standard InChI is InChI=1S/C24H24ClIN2O3/c1-28(2)17-16-24(26,18-8-10-19(25)11-9-18)31-23(29)27-20-12-14-22(15-13-20)30-21-6-4-3-5-7-21/h3-15H,16-17H2,1-2H3,(H,27,29). The molecule has 0 spiro atoms. The lowest BCUT2D eigenvalue weighted by Crippen LogP contribution is -2.32. The summed E-state index contributed by atoms with van der Waals surface area (Å²) >= 11 is 8.21. The summed E-state index contributed by atoms with van der Waals surface area (Å²) in [4.78, 5) is 14.7. The Balaban J connectivity index is 1.66. The largest absolute Gasteiger partial charge is 0.457 e. The molecule has 162 valence electrons. The zero-order valence-corrected chi connectivity index (χ0v) is 20.3. The molecule has 1 atom stereocenters. The highest BCUT2D eigenvalue weighted by atomic mass is 127. The van der Waals surface area contributed by atoms with E-state index in [1.54, 1.807) is 36.4 Å². The van der Waals surface area contributed by atoms with Crippen LogP contribution in [0, 0.1) is 0 Å². The quantitative estimate of drug-likeness (QED) is 0.244. The Morgan fingerprint density at radius 2 is 1.58 bits per heavy atom. The Labute approximate surface area is 201 Å². The first-order valence-corrected chi connectivity index (χ1v) is 11.2. The molecule has 1 N–H and O–H groups in total. The number of para-hydroxylation sites is 1. The summed E-state index contributed by atoms with van der Waals surface area (Å²) in [5, 5.41) is 3.43. The maximum Gasteiger partial charge on any atom is 0.413 e. The minimum Gasteiger partial charge on any atom is -0.457 e. The summed E-state index contributed by atoms with van der Waals surface area (Å²) in [6, 6.07) is 24.0. The van der Waals surface area contributed by atoms with Crippen LogP contribution in [0.1, 0.15) is 12.0 Å². The molecule has 0 aliphatic rings. The van der Waals surface area contributed by atoms with Crippen LogP contribution < -0.4 is 10.1 Å². The molecule has 7 heteroatoms. The second-order valence-electron chi connectivity index (χ2n) is 7.24. The average Bonchev–Trinajstić information content (AvgIpc) is 2.75. The van der Waals surface area contributed by atoms with Gasteiger partial charge in [0, 0.05) is 29.2 Å². The maximum absolute atomic E-state index is 12.7. The Morgan fingerprint density at radius 1 is 0.968 bits per heavy atom. The van der Waals surface area contributed by atoms with E-state index in [4.69, 9.17) is 21.1 Å². The second-order valence-corrected chi connectivity index (χ2v) is 9.42. The van der Waals surface area contributed by atoms with Crippen LogP contribution >= 0.6 is 34.2 Å². The van der Waals surface area contributed by atoms with E-state index in [1.807, 2.05) is 56.6 Å². The smallest absolute Gasteiger partial charge is 0.413 e. The van der Waals surface area contributed by atoms with Gasteiger partial charge >= 0.3 is 6.09 Å². The fraction of sp³-hybridized carbons (Fsp3) is 0.208. The predicted octanol–water partition coefficient (Wildman–Crippen LogP) is 6.92. The summed E-state index contributed by atoms with van der Waals surface area (Å²) in [6.07, 6.45) is 0.0965. The molecular formula is C24H24ClIN2O3. The van der Waals surface area contributed by atoms with E-state index in [0.717, 1.165) is 17.9 Å². The molecule has 1 unspecified atom stereocenters. The second kappa shape index (κ2) is 10.8. The van der Waals surface area contributed by atoms with Crippen molar-refractivity contribution in [1.82, 2.24) is 4.90 Å². The number of ether oxygens (including phenoxy) is 2. The number of hydrogen-bond acceptors (Lipinski definition) is 4. The van der Waals surface area contributed by atoms with Gasteiger partial charge < -0.3 is 14.4 Å². The molecular weight excluding hydrogens is 527 g/mol. The number of benzene rings is 3. The van der Waals surface area contributed by atoms with Gasteiger partial charge in [-0.2, -0.15) is 0 Å². The number of carbonyl (C=O) groups excluding carboxylic acids is 1. The lowest BCUT2D eigenvalue weighted by atomic mass is 10.1. The number of alkyl halides is 1. The number of rotatable bonds is 8. The molecule has 3 aromatic rings. The number of anilines is 1. The fourth-order valence-electron chi connectivity index (χ4n) is 2.84. The van der Waals surface area contributed by atoms with Gasteiger partial charge in [-0.25, -0.2) is 4.79 Å². The predicted molar refractivity (Wildman–Crippen MR) is 133 cm³/mol. The van der Waals surface area contributed by atoms with E-state index in [-0.39, 0.29) is 0 Å². The van der Waals surface area contributed by atoms with Crippen molar-refractivity contribution in [2.75, 3.05) is 26.0 Å². The van der Waals surface area contributed by atoms with Crippen LogP contribution in [0.25, 0.3) is 0 Å². The number of nitrogens with one attached hydrogen (secondary N) is 1. The highest BCUT2D eigenvalue weighted by molar-refractivity contribution is 14.1. The molecule has 0 bridgehead atoms. The number of halogens is 2. The van der Waals surface area contributed by atoms with Crippen LogP contribution in [0.4, 0.5) is 10.5 Å². The Bertz CT molecular complexity index is 982. The minimum atomic E-state index is -0.826. The summed E-state index contributed by atoms with van der Waals surface area (Å²) in [5.41, 5.74) is 1.49. The highest BCUT2D eigenvalue weighted by Gasteiger charge is 2.33. The molecule has 1 amide bonds. The molecule has 3 aromatic carbocycles. The van der Waals surface area contributed by atoms with E-state index in [1.165, 1.54) is 0 Å². The van der Waals surface area contributed by atoms with Gasteiger partial charge in [0.05, 0.1) is 0 Å². The van der Waals surface area contributed by atoms with Gasteiger partial charge in [0.1, 0.15) is 11.5 Å². The van der Waals surface area contributed by atoms with Crippen molar-refractivity contribution in [2.45, 2.75) is 10.0 Å². The van der Waals surface area contributed by atoms with Crippen molar-refractivity contribution in [2.24, 2.45) is 0 Å². The highest BCUT2D eigenvalue weighted by Crippen LogP contribution is 2.38. The monoisotopic (exact) mass is 550 g/mol. The molecule has 31 heavy (non-hydrogen) atoms. The van der Waals surface area contributed by atoms with Crippen LogP contribution in [-0.4, -0.2) is 31.6 Å². The van der Waals surface area contributed by atoms with E-state index < -0.39 is 9.70 Å². The third-order valence-electron chi connectivity index (χ3n) is 4.49. The first kappa shape index (κ1) is 23.4. The zero-order chi connectivity index (χ0) is 22.3. The first-order chi connectivity index (χ1) is 14.8. The molecule has 0 aliphatic heterocycles. The number of carbonyl (C=O) groups is 1. The van der Waals surface area contributed by atoms with E-state index >= 15 is 0 Å². The zero-order valence-electron chi connectivity index (χ0n) is 17.3. The van der Waals surface area contributed by atoms with Crippen molar-refractivity contribution in [3.63, 3.8) is 0 Å². The summed E-state index contributed by atoms with van der Waals surface area (Å²) < 4.78 is 10.8. The first-order valence-electron chi connectivity index (χ1n) is 9.77. The molecule has 3 rings (SSSR count). The lowest BCUT2D eigenvalue weighted by Gasteiger charge is -2.29. The van der Waals surface area contributed by atoms with Crippen molar-refractivity contribution < 1.29 is 14.3 Å². The van der Waals surface area contributed by atoms with Crippen LogP contribution in [0.15, 0.2) is 78.9 Å². The van der Waals surface area contributed by atoms with Crippen molar-refractivity contribution in [3.05, 3.63) is 89.4 Å². The Kier molecular flexibility index (Phi) is 8.17. The SMILES string of the molecule is CN(C)CCC(I)(OC(=O)Nc1ccc(Oc2ccccc2)cc1)c1ccc(Cl)cc1. The van der Waals surface area contributed by atoms with Gasteiger partial charge in [-0.05, 0) is 85.2 Å². The van der Waals surface area contributed by atoms with Crippen molar-refractivity contribution >= 4 is 46.0 Å². The number of nitrogens with zero attached hydrogens (tertiary/aromatic N) is 1. The molecule has 0 heterocycles. The third kappa shape index (κ3) is 7.12. The van der Waals surface area contributed by atoms with E-state index in [9.17, 15) is 4.79 Å². The van der Waals surface area contributed by atoms with Crippen LogP contribution in [0.2, 0.25) is 5.02 Å². The van der Waals surface area contributed by atoms with Gasteiger partial charge in [-0.15, -0.1) is 0 Å². The van der Waals surface area contributed by atoms with Gasteiger partial charge in [0.2, 0.25) is 0 Å². The lowest BCUT2D eigenvalue weighted by molar-refractivity contribution is 0.0875. The molecule has 0 aromatic heterocycles. The molecule has 0 aliphatic carbocycles. The van der Waals surface area contributed by atoms with Gasteiger partial charge in [-0.3, -0.25) is 5.32 Å². The van der Waals surface area contributed by atoms with Gasteiger partial charge in [-0.1, -0.05) is 41.9 Å². The third-order valence-corrected chi connectivity index (χ3v) is 6.12.